The number of aliphatic hydroxyl groups is 1. The standard InChI is InChI=1S/C27H20F2N4O2.C27H23F2N3O3.2C7H12FN/c1-3-18-22(28)9-6-16-11-17(34)12-21(23(16)18)19-7-8-20-25(24(19)29)31-27(35-2)32-26(20)33-10-4-5-15(13-30)14-33;1-4-17-21(28)8-5-15-13-16(33)14-20(22(15)17)18-6-7-19-24(23(18)29)30-26(35-3)31-25(19)32-11-9-27(2,34)10-12-32;2*8-6-4-7-2-1-3-9(7)5-6/h1,6-9,11-12,15,34H,4-5,10,14H2,2H3;1,5-8,13-14,33-34H,9-12H2,2-3H3;2*6-7H,1-5H2. The molecule has 0 aliphatic carbocycles. The van der Waals surface area contributed by atoms with Gasteiger partial charge >= 0.3 is 12.0 Å². The van der Waals surface area contributed by atoms with Gasteiger partial charge < -0.3 is 34.6 Å². The molecule has 20 heteroatoms. The maximum atomic E-state index is 16.1. The van der Waals surface area contributed by atoms with Crippen molar-refractivity contribution in [3.8, 4) is 76.5 Å². The average Bonchev–Trinajstić information content (AvgIpc) is 1.06. The molecule has 6 aliphatic rings. The molecule has 14 nitrogen and oxygen atoms in total. The summed E-state index contributed by atoms with van der Waals surface area (Å²) in [6, 6.07) is 21.0. The van der Waals surface area contributed by atoms with E-state index in [1.165, 1.54) is 88.4 Å². The van der Waals surface area contributed by atoms with Crippen molar-refractivity contribution in [1.29, 1.82) is 5.26 Å². The molecule has 0 saturated carbocycles. The number of anilines is 2. The molecule has 6 saturated heterocycles. The zero-order chi connectivity index (χ0) is 62.1. The third-order valence-corrected chi connectivity index (χ3v) is 17.8. The number of fused-ring (bicyclic) bond motifs is 6. The van der Waals surface area contributed by atoms with Gasteiger partial charge in [0.25, 0.3) is 0 Å². The number of alkyl halides is 2. The lowest BCUT2D eigenvalue weighted by atomic mass is 9.92. The number of halogens is 6. The smallest absolute Gasteiger partial charge is 0.318 e. The van der Waals surface area contributed by atoms with Crippen molar-refractivity contribution < 1.29 is 51.1 Å². The summed E-state index contributed by atoms with van der Waals surface area (Å²) in [4.78, 5) is 25.9. The van der Waals surface area contributed by atoms with Crippen LogP contribution in [0.5, 0.6) is 23.5 Å². The van der Waals surface area contributed by atoms with E-state index < -0.39 is 41.2 Å². The molecule has 5 atom stereocenters. The van der Waals surface area contributed by atoms with E-state index in [4.69, 9.17) is 22.3 Å². The number of piperidine rings is 2. The van der Waals surface area contributed by atoms with Crippen LogP contribution in [0.1, 0.15) is 82.3 Å². The second-order valence-corrected chi connectivity index (χ2v) is 23.7. The Morgan fingerprint density at radius 2 is 1.03 bits per heavy atom. The molecule has 456 valence electrons. The van der Waals surface area contributed by atoms with E-state index in [2.05, 4.69) is 47.6 Å². The molecule has 88 heavy (non-hydrogen) atoms. The Bertz CT molecular complexity index is 4050. The van der Waals surface area contributed by atoms with Crippen LogP contribution in [-0.2, 0) is 0 Å². The molecular formula is C68H67F6N9O5. The Morgan fingerprint density at radius 1 is 0.580 bits per heavy atom. The summed E-state index contributed by atoms with van der Waals surface area (Å²) in [5.41, 5.74) is -0.0621. The second-order valence-electron chi connectivity index (χ2n) is 23.7. The Hall–Kier alpha value is -8.61. The summed E-state index contributed by atoms with van der Waals surface area (Å²) >= 11 is 0. The molecule has 0 spiro atoms. The summed E-state index contributed by atoms with van der Waals surface area (Å²) in [6.45, 7) is 7.71. The number of aromatic nitrogens is 4. The molecule has 14 rings (SSSR count). The third kappa shape index (κ3) is 12.3. The van der Waals surface area contributed by atoms with Crippen molar-refractivity contribution in [2.24, 2.45) is 5.92 Å². The number of nitrogens with zero attached hydrogens (tertiary/aromatic N) is 9. The van der Waals surface area contributed by atoms with Crippen LogP contribution in [0.3, 0.4) is 0 Å². The first-order valence-electron chi connectivity index (χ1n) is 29.7. The lowest BCUT2D eigenvalue weighted by molar-refractivity contribution is 0.0350. The average molecular weight is 1200 g/mol. The maximum Gasteiger partial charge on any atom is 0.318 e. The van der Waals surface area contributed by atoms with E-state index >= 15 is 8.78 Å². The van der Waals surface area contributed by atoms with E-state index in [1.807, 2.05) is 9.80 Å². The van der Waals surface area contributed by atoms with Crippen LogP contribution in [0.4, 0.5) is 38.0 Å². The molecule has 8 heterocycles. The first kappa shape index (κ1) is 61.1. The predicted octanol–water partition coefficient (Wildman–Crippen LogP) is 12.3. The first-order chi connectivity index (χ1) is 42.4. The Morgan fingerprint density at radius 3 is 1.47 bits per heavy atom. The van der Waals surface area contributed by atoms with Gasteiger partial charge in [0.15, 0.2) is 11.6 Å². The second kappa shape index (κ2) is 25.6. The van der Waals surface area contributed by atoms with E-state index in [1.54, 1.807) is 31.2 Å². The molecule has 0 radical (unpaired) electrons. The molecule has 0 amide bonds. The highest BCUT2D eigenvalue weighted by Crippen LogP contribution is 2.43. The summed E-state index contributed by atoms with van der Waals surface area (Å²) in [5, 5.41) is 42.9. The largest absolute Gasteiger partial charge is 0.508 e. The normalized spacial score (nSPS) is 21.3. The number of aromatic hydroxyl groups is 2. The van der Waals surface area contributed by atoms with Crippen molar-refractivity contribution in [3.05, 3.63) is 107 Å². The fourth-order valence-electron chi connectivity index (χ4n) is 13.4. The molecule has 5 unspecified atom stereocenters. The van der Waals surface area contributed by atoms with Crippen LogP contribution in [0.2, 0.25) is 0 Å². The molecule has 0 bridgehead atoms. The van der Waals surface area contributed by atoms with Crippen LogP contribution in [0, 0.1) is 65.2 Å². The van der Waals surface area contributed by atoms with Crippen molar-refractivity contribution in [3.63, 3.8) is 0 Å². The number of hydrogen-bond donors (Lipinski definition) is 3. The van der Waals surface area contributed by atoms with Gasteiger partial charge in [0, 0.05) is 84.0 Å². The van der Waals surface area contributed by atoms with Gasteiger partial charge in [0.1, 0.15) is 58.1 Å². The quantitative estimate of drug-likeness (QED) is 0.106. The number of benzene rings is 6. The maximum absolute atomic E-state index is 16.1. The number of ether oxygens (including phenoxy) is 2. The van der Waals surface area contributed by atoms with E-state index in [-0.39, 0.29) is 73.9 Å². The minimum atomic E-state index is -0.762. The number of rotatable bonds is 6. The Kier molecular flexibility index (Phi) is 17.8. The number of hydrogen-bond acceptors (Lipinski definition) is 14. The lowest BCUT2D eigenvalue weighted by Crippen LogP contribution is -2.42. The predicted molar refractivity (Wildman–Crippen MR) is 328 cm³/mol. The van der Waals surface area contributed by atoms with Gasteiger partial charge in [-0.1, -0.05) is 36.1 Å². The third-order valence-electron chi connectivity index (χ3n) is 17.8. The number of nitriles is 1. The summed E-state index contributed by atoms with van der Waals surface area (Å²) in [5.74, 6) is 2.72. The fraction of sp³-hybridized carbons (Fsp3) is 0.397. The van der Waals surface area contributed by atoms with Crippen LogP contribution in [-0.4, -0.2) is 142 Å². The lowest BCUT2D eigenvalue weighted by Gasteiger charge is -2.36. The number of phenolic OH excluding ortho intramolecular Hbond substituents is 2. The van der Waals surface area contributed by atoms with Gasteiger partial charge in [-0.05, 0) is 155 Å². The highest BCUT2D eigenvalue weighted by atomic mass is 19.2. The summed E-state index contributed by atoms with van der Waals surface area (Å²) in [6.07, 6.45) is 19.5. The minimum Gasteiger partial charge on any atom is -0.508 e. The van der Waals surface area contributed by atoms with Gasteiger partial charge in [-0.15, -0.1) is 12.8 Å². The number of methoxy groups -OCH3 is 2. The molecule has 8 aromatic rings. The zero-order valence-electron chi connectivity index (χ0n) is 49.1. The monoisotopic (exact) mass is 1200 g/mol. The van der Waals surface area contributed by atoms with Gasteiger partial charge in [-0.2, -0.15) is 25.2 Å². The Labute approximate surface area is 506 Å². The van der Waals surface area contributed by atoms with Crippen molar-refractivity contribution in [2.75, 3.05) is 76.4 Å². The molecule has 6 fully saturated rings. The van der Waals surface area contributed by atoms with Gasteiger partial charge in [-0.3, -0.25) is 9.80 Å². The number of terminal acetylenes is 2. The SMILES string of the molecule is C#Cc1c(F)ccc2cc(O)cc(-c3ccc4c(N5CCC(C)(O)CC5)nc(OC)nc4c3F)c12.C#Cc1c(F)ccc2cc(O)cc(-c3ccc4c(N5CCCC(C#N)C5)nc(OC)nc4c3F)c12.FC1CC2CCCN2C1.FC1CC2CCCN2C1. The van der Waals surface area contributed by atoms with E-state index in [9.17, 15) is 38.1 Å². The number of phenols is 2. The van der Waals surface area contributed by atoms with Crippen LogP contribution >= 0.6 is 0 Å². The molecule has 3 N–H and O–H groups in total. The molecule has 2 aromatic heterocycles. The summed E-state index contributed by atoms with van der Waals surface area (Å²) < 4.78 is 97.0. The van der Waals surface area contributed by atoms with Crippen LogP contribution in [0.15, 0.2) is 72.8 Å². The van der Waals surface area contributed by atoms with E-state index in [0.717, 1.165) is 38.8 Å². The van der Waals surface area contributed by atoms with Crippen LogP contribution in [0.25, 0.3) is 65.6 Å². The van der Waals surface area contributed by atoms with Crippen molar-refractivity contribution in [2.45, 2.75) is 101 Å². The molecule has 6 aromatic carbocycles. The van der Waals surface area contributed by atoms with Gasteiger partial charge in [0.05, 0.1) is 42.9 Å². The zero-order valence-corrected chi connectivity index (χ0v) is 49.1. The van der Waals surface area contributed by atoms with Gasteiger partial charge in [0.2, 0.25) is 0 Å². The first-order valence-corrected chi connectivity index (χ1v) is 29.7. The molecule has 6 aliphatic heterocycles. The summed E-state index contributed by atoms with van der Waals surface area (Å²) in [7, 11) is 2.80. The van der Waals surface area contributed by atoms with Crippen molar-refractivity contribution in [1.82, 2.24) is 29.7 Å². The highest BCUT2D eigenvalue weighted by Gasteiger charge is 2.36. The van der Waals surface area contributed by atoms with Crippen molar-refractivity contribution >= 4 is 55.0 Å². The minimum absolute atomic E-state index is 0.00277. The topological polar surface area (TPSA) is 167 Å². The van der Waals surface area contributed by atoms with E-state index in [0.29, 0.717) is 108 Å². The van der Waals surface area contributed by atoms with Gasteiger partial charge in [-0.25, -0.2) is 26.3 Å². The van der Waals surface area contributed by atoms with Crippen LogP contribution < -0.4 is 19.3 Å². The molecular weight excluding hydrogens is 1140 g/mol. The highest BCUT2D eigenvalue weighted by molar-refractivity contribution is 6.05. The Balaban J connectivity index is 0.000000141. The fourth-order valence-corrected chi connectivity index (χ4v) is 13.4.